The van der Waals surface area contributed by atoms with Gasteiger partial charge >= 0.3 is 0 Å². The third kappa shape index (κ3) is 17.9. The molecular weight excluding hydrogens is 1030 g/mol. The fourth-order valence-electron chi connectivity index (χ4n) is 14.4. The van der Waals surface area contributed by atoms with Crippen LogP contribution in [0.25, 0.3) is 0 Å². The molecular formula is C66H101N3O12. The first-order valence-corrected chi connectivity index (χ1v) is 31.4. The predicted octanol–water partition coefficient (Wildman–Crippen LogP) is 10.6. The Bertz CT molecular complexity index is 2280. The molecule has 0 radical (unpaired) electrons. The molecule has 0 unspecified atom stereocenters. The number of amides is 2. The number of nitrogens with two attached hydrogens (primary N) is 1. The highest BCUT2D eigenvalue weighted by atomic mass is 16.3. The summed E-state index contributed by atoms with van der Waals surface area (Å²) in [5.74, 6) is -3.27. The van der Waals surface area contributed by atoms with Gasteiger partial charge in [-0.25, -0.2) is 0 Å². The van der Waals surface area contributed by atoms with Crippen molar-refractivity contribution in [2.45, 2.75) is 239 Å². The highest BCUT2D eigenvalue weighted by Crippen LogP contribution is 2.66. The maximum absolute atomic E-state index is 14.3. The standard InChI is InChI=1S/C38H57NO6.C27H42N2O4.CH2O2/c1-6-7-17-31(41)36(44)26-15-13-11-9-8-10-12-14-16-27(20-28(40)22-29(24(2)3)35(43)25-18-19-25)37(45)39-23-30-33(38(30,4)5)34(39)32(42)21-26;1-4-5-15-21(30)25(32)18-13-11-9-7-6-8-10-12-14-20(28)26(33)29-17-19-23(27(19,2)3)24(29)22(31)16-18;2-1-3/h6,24-27,29-30,33-34H,1,7-23H2,2-5H3;4,18-20,23-24H,1,5-17,28H2,2-3H3;1H,(H,2,3)/t26-,27-,29+,30+,33+,34-;18-,19+,20+,23+,24-;/m11./s1. The van der Waals surface area contributed by atoms with Crippen LogP contribution in [0.5, 0.6) is 0 Å². The number of rotatable bonds is 17. The topological polar surface area (TPSA) is 240 Å². The monoisotopic (exact) mass is 1130 g/mol. The molecule has 11 atom stereocenters. The Labute approximate surface area is 483 Å². The Hall–Kier alpha value is -4.79. The van der Waals surface area contributed by atoms with Crippen LogP contribution in [0.4, 0.5) is 0 Å². The Morgan fingerprint density at radius 3 is 1.37 bits per heavy atom. The van der Waals surface area contributed by atoms with E-state index in [0.29, 0.717) is 57.5 Å². The quantitative estimate of drug-likeness (QED) is 0.0783. The van der Waals surface area contributed by atoms with Gasteiger partial charge in [0.25, 0.3) is 6.47 Å². The van der Waals surface area contributed by atoms with Gasteiger partial charge in [0.1, 0.15) is 11.6 Å². The summed E-state index contributed by atoms with van der Waals surface area (Å²) in [6, 6.07) is -1.72. The third-order valence-corrected chi connectivity index (χ3v) is 19.9. The molecule has 0 spiro atoms. The van der Waals surface area contributed by atoms with Crippen molar-refractivity contribution < 1.29 is 57.8 Å². The zero-order valence-corrected chi connectivity index (χ0v) is 50.3. The minimum Gasteiger partial charge on any atom is -0.483 e. The number of fused-ring (bicyclic) bond motifs is 6. The second kappa shape index (κ2) is 31.2. The van der Waals surface area contributed by atoms with E-state index >= 15 is 0 Å². The van der Waals surface area contributed by atoms with Gasteiger partial charge in [0.15, 0.2) is 23.1 Å². The van der Waals surface area contributed by atoms with E-state index in [4.69, 9.17) is 15.6 Å². The SMILES string of the molecule is C=CCCC(=O)C(=O)[C@@H]1CCCCCCCCC[C@H](CC(=O)C[C@H](C(=O)C2CC2)C(C)C)C(=O)N2C[C@H]3[C@@H]([C@H]2C(=O)C1)C3(C)C.C=CCCC(=O)C(=O)[C@@H]1CCCCCCCCC[C@H](N)C(=O)N2C[C@H]3[C@@H]([C@H]2C(=O)C1)C3(C)C.O=CO. The van der Waals surface area contributed by atoms with Gasteiger partial charge in [0.05, 0.1) is 18.1 Å². The molecule has 15 heteroatoms. The van der Waals surface area contributed by atoms with Crippen LogP contribution in [0.2, 0.25) is 0 Å². The Morgan fingerprint density at radius 1 is 0.593 bits per heavy atom. The lowest BCUT2D eigenvalue weighted by Gasteiger charge is -2.33. The van der Waals surface area contributed by atoms with Crippen LogP contribution in [-0.2, 0) is 52.7 Å². The number of carboxylic acid groups (broad SMARTS) is 1. The summed E-state index contributed by atoms with van der Waals surface area (Å²) in [7, 11) is 0. The van der Waals surface area contributed by atoms with Crippen molar-refractivity contribution in [3.05, 3.63) is 25.3 Å². The van der Waals surface area contributed by atoms with Crippen molar-refractivity contribution in [2.75, 3.05) is 13.1 Å². The fourth-order valence-corrected chi connectivity index (χ4v) is 14.4. The minimum atomic E-state index is -0.657. The normalized spacial score (nSPS) is 30.3. The number of hydrogen-bond acceptors (Lipinski definition) is 12. The minimum absolute atomic E-state index is 0.0152. The summed E-state index contributed by atoms with van der Waals surface area (Å²) >= 11 is 0. The predicted molar refractivity (Wildman–Crippen MR) is 311 cm³/mol. The molecule has 0 aromatic rings. The number of nitrogens with zero attached hydrogens (tertiary/aromatic N) is 2. The molecule has 3 saturated carbocycles. The van der Waals surface area contributed by atoms with Crippen LogP contribution < -0.4 is 5.73 Å². The van der Waals surface area contributed by atoms with Crippen molar-refractivity contribution in [3.63, 3.8) is 0 Å². The maximum atomic E-state index is 14.3. The molecule has 7 fully saturated rings. The van der Waals surface area contributed by atoms with Crippen LogP contribution in [0, 0.1) is 70.0 Å². The van der Waals surface area contributed by atoms with E-state index in [9.17, 15) is 47.9 Å². The van der Waals surface area contributed by atoms with E-state index < -0.39 is 59.0 Å². The lowest BCUT2D eigenvalue weighted by atomic mass is 9.82. The molecule has 2 amide bonds. The average Bonchev–Trinajstić information content (AvgIpc) is 2.74. The van der Waals surface area contributed by atoms with E-state index in [1.165, 1.54) is 0 Å². The lowest BCUT2D eigenvalue weighted by molar-refractivity contribution is -0.145. The molecule has 4 heterocycles. The molecule has 4 saturated heterocycles. The number of allylic oxidation sites excluding steroid dienone is 2. The second-order valence-corrected chi connectivity index (χ2v) is 26.7. The van der Waals surface area contributed by atoms with E-state index in [1.807, 2.05) is 13.8 Å². The lowest BCUT2D eigenvalue weighted by Crippen LogP contribution is -2.52. The maximum Gasteiger partial charge on any atom is 0.290 e. The first-order chi connectivity index (χ1) is 38.5. The molecule has 7 rings (SSSR count). The van der Waals surface area contributed by atoms with Crippen LogP contribution >= 0.6 is 0 Å². The van der Waals surface area contributed by atoms with Gasteiger partial charge in [-0.1, -0.05) is 144 Å². The molecule has 7 aliphatic rings. The van der Waals surface area contributed by atoms with Crippen molar-refractivity contribution in [3.8, 4) is 0 Å². The number of ketones is 8. The van der Waals surface area contributed by atoms with Crippen molar-refractivity contribution in [2.24, 2.45) is 75.7 Å². The van der Waals surface area contributed by atoms with Gasteiger partial charge in [-0.3, -0.25) is 52.7 Å². The summed E-state index contributed by atoms with van der Waals surface area (Å²) in [4.78, 5) is 145. The Balaban J connectivity index is 0.000000296. The van der Waals surface area contributed by atoms with Crippen LogP contribution in [0.15, 0.2) is 25.3 Å². The number of hydrogen-bond donors (Lipinski definition) is 2. The third-order valence-electron chi connectivity index (χ3n) is 19.9. The van der Waals surface area contributed by atoms with Gasteiger partial charge < -0.3 is 20.6 Å². The van der Waals surface area contributed by atoms with Gasteiger partial charge in [0, 0.05) is 81.2 Å². The Morgan fingerprint density at radius 2 is 0.975 bits per heavy atom. The van der Waals surface area contributed by atoms with Gasteiger partial charge in [0.2, 0.25) is 23.4 Å². The summed E-state index contributed by atoms with van der Waals surface area (Å²) in [5.41, 5.74) is 6.21. The van der Waals surface area contributed by atoms with E-state index in [0.717, 1.165) is 103 Å². The summed E-state index contributed by atoms with van der Waals surface area (Å²) in [6.45, 7) is 20.7. The Kier molecular flexibility index (Phi) is 25.8. The molecule has 0 aromatic carbocycles. The molecule has 81 heavy (non-hydrogen) atoms. The van der Waals surface area contributed by atoms with E-state index in [-0.39, 0.29) is 126 Å². The largest absolute Gasteiger partial charge is 0.483 e. The van der Waals surface area contributed by atoms with Crippen LogP contribution in [0.1, 0.15) is 221 Å². The van der Waals surface area contributed by atoms with Crippen molar-refractivity contribution >= 4 is 64.6 Å². The molecule has 4 aliphatic heterocycles. The van der Waals surface area contributed by atoms with Gasteiger partial charge in [-0.15, -0.1) is 13.2 Å². The van der Waals surface area contributed by atoms with Gasteiger partial charge in [-0.2, -0.15) is 0 Å². The molecule has 452 valence electrons. The zero-order valence-electron chi connectivity index (χ0n) is 50.3. The summed E-state index contributed by atoms with van der Waals surface area (Å²) < 4.78 is 0. The van der Waals surface area contributed by atoms with E-state index in [2.05, 4.69) is 40.9 Å². The molecule has 0 bridgehead atoms. The van der Waals surface area contributed by atoms with Gasteiger partial charge in [-0.05, 0) is 91.8 Å². The van der Waals surface area contributed by atoms with E-state index in [1.54, 1.807) is 22.0 Å². The molecule has 3 N–H and O–H groups in total. The molecule has 3 aliphatic carbocycles. The van der Waals surface area contributed by atoms with Crippen molar-refractivity contribution in [1.29, 1.82) is 0 Å². The van der Waals surface area contributed by atoms with Crippen LogP contribution in [0.3, 0.4) is 0 Å². The van der Waals surface area contributed by atoms with Crippen LogP contribution in [-0.4, -0.2) is 111 Å². The first kappa shape index (κ1) is 67.0. The average molecular weight is 1130 g/mol. The summed E-state index contributed by atoms with van der Waals surface area (Å²) in [6.07, 6.45) is 22.7. The number of Topliss-reactive ketones (excluding diaryl/α,β-unsaturated/α-hetero) is 8. The first-order valence-electron chi connectivity index (χ1n) is 31.4. The number of carbonyl (C=O) groups excluding carboxylic acids is 10. The smallest absolute Gasteiger partial charge is 0.290 e. The summed E-state index contributed by atoms with van der Waals surface area (Å²) in [5, 5.41) is 6.89. The molecule has 0 aromatic heterocycles. The number of piperidine rings is 2. The van der Waals surface area contributed by atoms with Crippen molar-refractivity contribution in [1.82, 2.24) is 9.80 Å². The highest BCUT2D eigenvalue weighted by molar-refractivity contribution is 6.38. The second-order valence-electron chi connectivity index (χ2n) is 26.7. The molecule has 15 nitrogen and oxygen atoms in total. The zero-order chi connectivity index (χ0) is 59.8. The highest BCUT2D eigenvalue weighted by Gasteiger charge is 2.70. The number of carbonyl (C=O) groups is 11. The fraction of sp³-hybridized carbons (Fsp3) is 0.773.